The number of nitrogens with zero attached hydrogens (tertiary/aromatic N) is 1. The second-order valence-corrected chi connectivity index (χ2v) is 6.52. The van der Waals surface area contributed by atoms with Crippen molar-refractivity contribution in [1.82, 2.24) is 4.98 Å². The first-order valence-corrected chi connectivity index (χ1v) is 7.57. The fourth-order valence-corrected chi connectivity index (χ4v) is 2.72. The van der Waals surface area contributed by atoms with Gasteiger partial charge >= 0.3 is 0 Å². The van der Waals surface area contributed by atoms with Gasteiger partial charge in [0.05, 0.1) is 0 Å². The molecule has 1 N–H and O–H groups in total. The van der Waals surface area contributed by atoms with Crippen molar-refractivity contribution in [3.05, 3.63) is 24.1 Å². The number of fused-ring (bicyclic) bond motifs is 1. The van der Waals surface area contributed by atoms with Gasteiger partial charge < -0.3 is 9.73 Å². The summed E-state index contributed by atoms with van der Waals surface area (Å²) in [5, 5.41) is 3.66. The Morgan fingerprint density at radius 1 is 1.10 bits per heavy atom. The second-order valence-electron chi connectivity index (χ2n) is 6.52. The Bertz CT molecular complexity index is 547. The van der Waals surface area contributed by atoms with E-state index >= 15 is 0 Å². The number of aromatic nitrogens is 1. The smallest absolute Gasteiger partial charge is 0.192 e. The molecule has 0 saturated carbocycles. The molecule has 3 heteroatoms. The minimum atomic E-state index is 0.514. The van der Waals surface area contributed by atoms with E-state index in [9.17, 15) is 0 Å². The monoisotopic (exact) mass is 274 g/mol. The summed E-state index contributed by atoms with van der Waals surface area (Å²) in [6, 6.07) is 6.68. The molecule has 2 aromatic rings. The second kappa shape index (κ2) is 6.29. The zero-order valence-electron chi connectivity index (χ0n) is 13.2. The maximum atomic E-state index is 5.52. The number of hydrogen-bond acceptors (Lipinski definition) is 3. The Labute approximate surface area is 121 Å². The van der Waals surface area contributed by atoms with Crippen molar-refractivity contribution in [3.8, 4) is 0 Å². The number of hydrogen-bond donors (Lipinski definition) is 1. The fraction of sp³-hybridized carbons (Fsp3) is 0.588. The molecule has 0 bridgehead atoms. The van der Waals surface area contributed by atoms with E-state index in [2.05, 4.69) is 50.1 Å². The lowest BCUT2D eigenvalue weighted by atomic mass is 9.95. The van der Waals surface area contributed by atoms with Crippen molar-refractivity contribution in [2.45, 2.75) is 53.5 Å². The maximum absolute atomic E-state index is 5.52. The van der Waals surface area contributed by atoms with E-state index in [0.29, 0.717) is 17.9 Å². The Morgan fingerprint density at radius 2 is 1.75 bits per heavy atom. The van der Waals surface area contributed by atoms with E-state index in [1.807, 2.05) is 13.0 Å². The summed E-state index contributed by atoms with van der Waals surface area (Å²) in [7, 11) is 0. The van der Waals surface area contributed by atoms with Crippen LogP contribution in [0.5, 0.6) is 0 Å². The van der Waals surface area contributed by atoms with E-state index in [4.69, 9.17) is 4.42 Å². The molecule has 20 heavy (non-hydrogen) atoms. The summed E-state index contributed by atoms with van der Waals surface area (Å²) < 4.78 is 5.52. The van der Waals surface area contributed by atoms with Gasteiger partial charge in [-0.3, -0.25) is 0 Å². The number of oxazole rings is 1. The van der Waals surface area contributed by atoms with Crippen molar-refractivity contribution in [1.29, 1.82) is 0 Å². The van der Waals surface area contributed by atoms with Gasteiger partial charge in [0.1, 0.15) is 5.52 Å². The number of anilines is 1. The maximum Gasteiger partial charge on any atom is 0.192 e. The van der Waals surface area contributed by atoms with Gasteiger partial charge in [0.25, 0.3) is 0 Å². The molecule has 0 fully saturated rings. The van der Waals surface area contributed by atoms with E-state index in [0.717, 1.165) is 22.7 Å². The molecular weight excluding hydrogens is 248 g/mol. The Balaban J connectivity index is 2.14. The molecule has 1 aromatic carbocycles. The highest BCUT2D eigenvalue weighted by atomic mass is 16.3. The van der Waals surface area contributed by atoms with Crippen molar-refractivity contribution >= 4 is 16.8 Å². The zero-order valence-corrected chi connectivity index (χ0v) is 13.2. The van der Waals surface area contributed by atoms with Gasteiger partial charge in [-0.05, 0) is 42.9 Å². The summed E-state index contributed by atoms with van der Waals surface area (Å²) in [6.45, 7) is 11.0. The van der Waals surface area contributed by atoms with Gasteiger partial charge in [-0.2, -0.15) is 0 Å². The van der Waals surface area contributed by atoms with E-state index in [1.165, 1.54) is 12.8 Å². The molecule has 1 aromatic heterocycles. The largest absolute Gasteiger partial charge is 0.441 e. The Hall–Kier alpha value is -1.51. The lowest BCUT2D eigenvalue weighted by Gasteiger charge is -2.23. The summed E-state index contributed by atoms with van der Waals surface area (Å²) in [5.41, 5.74) is 2.93. The predicted octanol–water partition coefficient (Wildman–Crippen LogP) is 5.01. The van der Waals surface area contributed by atoms with Gasteiger partial charge in [-0.15, -0.1) is 0 Å². The van der Waals surface area contributed by atoms with Crippen LogP contribution in [0.15, 0.2) is 22.6 Å². The highest BCUT2D eigenvalue weighted by Crippen LogP contribution is 2.23. The minimum absolute atomic E-state index is 0.514. The number of aryl methyl sites for hydroxylation is 1. The van der Waals surface area contributed by atoms with Crippen LogP contribution in [0.3, 0.4) is 0 Å². The normalized spacial score (nSPS) is 12.0. The standard InChI is InChI=1S/C17H26N2O/c1-11(2)8-15(9-12(3)4)19-14-6-7-17-16(10-14)18-13(5)20-17/h6-7,10-12,15,19H,8-9H2,1-5H3. The van der Waals surface area contributed by atoms with Crippen molar-refractivity contribution in [2.24, 2.45) is 11.8 Å². The third-order valence-corrected chi connectivity index (χ3v) is 3.38. The molecule has 2 rings (SSSR count). The molecule has 1 heterocycles. The van der Waals surface area contributed by atoms with E-state index in [-0.39, 0.29) is 0 Å². The number of benzene rings is 1. The molecule has 0 unspecified atom stereocenters. The molecule has 3 nitrogen and oxygen atoms in total. The van der Waals surface area contributed by atoms with Gasteiger partial charge in [0.2, 0.25) is 0 Å². The third-order valence-electron chi connectivity index (χ3n) is 3.38. The van der Waals surface area contributed by atoms with E-state index in [1.54, 1.807) is 0 Å². The van der Waals surface area contributed by atoms with Crippen molar-refractivity contribution < 1.29 is 4.42 Å². The van der Waals surface area contributed by atoms with Gasteiger partial charge in [0, 0.05) is 18.7 Å². The quantitative estimate of drug-likeness (QED) is 0.804. The van der Waals surface area contributed by atoms with Crippen LogP contribution >= 0.6 is 0 Å². The molecular formula is C17H26N2O. The number of nitrogens with one attached hydrogen (secondary N) is 1. The topological polar surface area (TPSA) is 38.1 Å². The summed E-state index contributed by atoms with van der Waals surface area (Å²) in [5.74, 6) is 2.12. The van der Waals surface area contributed by atoms with Crippen LogP contribution in [0, 0.1) is 18.8 Å². The number of rotatable bonds is 6. The highest BCUT2D eigenvalue weighted by Gasteiger charge is 2.13. The first kappa shape index (κ1) is 14.9. The molecule has 0 amide bonds. The van der Waals surface area contributed by atoms with Crippen LogP contribution < -0.4 is 5.32 Å². The van der Waals surface area contributed by atoms with Crippen molar-refractivity contribution in [2.75, 3.05) is 5.32 Å². The van der Waals surface area contributed by atoms with E-state index < -0.39 is 0 Å². The first-order valence-electron chi connectivity index (χ1n) is 7.57. The SMILES string of the molecule is Cc1nc2cc(NC(CC(C)C)CC(C)C)ccc2o1. The Morgan fingerprint density at radius 3 is 2.35 bits per heavy atom. The lowest BCUT2D eigenvalue weighted by molar-refractivity contribution is 0.442. The average Bonchev–Trinajstić information content (AvgIpc) is 2.66. The summed E-state index contributed by atoms with van der Waals surface area (Å²) in [4.78, 5) is 4.40. The molecule has 0 aliphatic heterocycles. The lowest BCUT2D eigenvalue weighted by Crippen LogP contribution is -2.23. The average molecular weight is 274 g/mol. The van der Waals surface area contributed by atoms with Crippen LogP contribution in [0.1, 0.15) is 46.4 Å². The fourth-order valence-electron chi connectivity index (χ4n) is 2.72. The van der Waals surface area contributed by atoms with Gasteiger partial charge in [-0.1, -0.05) is 27.7 Å². The van der Waals surface area contributed by atoms with Gasteiger partial charge in [-0.25, -0.2) is 4.98 Å². The first-order chi connectivity index (χ1) is 9.44. The highest BCUT2D eigenvalue weighted by molar-refractivity contribution is 5.77. The molecule has 0 aliphatic carbocycles. The van der Waals surface area contributed by atoms with Crippen LogP contribution in [-0.4, -0.2) is 11.0 Å². The van der Waals surface area contributed by atoms with Crippen LogP contribution in [0.2, 0.25) is 0 Å². The van der Waals surface area contributed by atoms with Gasteiger partial charge in [0.15, 0.2) is 11.5 Å². The Kier molecular flexibility index (Phi) is 4.69. The zero-order chi connectivity index (χ0) is 14.7. The molecule has 0 aliphatic rings. The van der Waals surface area contributed by atoms with Crippen molar-refractivity contribution in [3.63, 3.8) is 0 Å². The minimum Gasteiger partial charge on any atom is -0.441 e. The summed E-state index contributed by atoms with van der Waals surface area (Å²) in [6.07, 6.45) is 2.38. The third kappa shape index (κ3) is 3.99. The molecule has 0 radical (unpaired) electrons. The van der Waals surface area contributed by atoms with Crippen LogP contribution in [-0.2, 0) is 0 Å². The molecule has 0 saturated heterocycles. The van der Waals surface area contributed by atoms with Crippen LogP contribution in [0.25, 0.3) is 11.1 Å². The van der Waals surface area contributed by atoms with Crippen LogP contribution in [0.4, 0.5) is 5.69 Å². The summed E-state index contributed by atoms with van der Waals surface area (Å²) >= 11 is 0. The predicted molar refractivity (Wildman–Crippen MR) is 85.1 cm³/mol. The molecule has 0 spiro atoms. The molecule has 110 valence electrons. The molecule has 0 atom stereocenters.